The third-order valence-corrected chi connectivity index (χ3v) is 4.29. The quantitative estimate of drug-likeness (QED) is 0.789. The van der Waals surface area contributed by atoms with Crippen molar-refractivity contribution in [3.63, 3.8) is 0 Å². The molecular weight excluding hydrogens is 248 g/mol. The normalized spacial score (nSPS) is 19.6. The molecule has 18 heavy (non-hydrogen) atoms. The Morgan fingerprint density at radius 3 is 2.28 bits per heavy atom. The molecule has 1 aromatic rings. The van der Waals surface area contributed by atoms with Crippen LogP contribution in [0.1, 0.15) is 37.7 Å². The highest BCUT2D eigenvalue weighted by Crippen LogP contribution is 2.39. The van der Waals surface area contributed by atoms with E-state index in [1.165, 1.54) is 12.0 Å². The van der Waals surface area contributed by atoms with Crippen LogP contribution in [0.2, 0.25) is 0 Å². The predicted molar refractivity (Wildman–Crippen MR) is 72.0 cm³/mol. The highest BCUT2D eigenvalue weighted by Gasteiger charge is 2.35. The molecule has 0 bridgehead atoms. The molecule has 1 aliphatic rings. The van der Waals surface area contributed by atoms with E-state index < -0.39 is 10.1 Å². The molecule has 0 atom stereocenters. The minimum absolute atomic E-state index is 0.122. The standard InChI is InChI=1S/C14H20O3S/c1-18(15,16)17-12-14(10-6-3-7-11-14)13-8-4-2-5-9-13/h2,4-5,8-9H,3,6-7,10-12H2,1H3. The minimum atomic E-state index is -3.37. The van der Waals surface area contributed by atoms with Gasteiger partial charge in [0, 0.05) is 5.41 Å². The van der Waals surface area contributed by atoms with Gasteiger partial charge in [0.15, 0.2) is 0 Å². The molecule has 1 aliphatic carbocycles. The summed E-state index contributed by atoms with van der Waals surface area (Å²) >= 11 is 0. The van der Waals surface area contributed by atoms with E-state index in [0.29, 0.717) is 0 Å². The van der Waals surface area contributed by atoms with Crippen LogP contribution in [0.25, 0.3) is 0 Å². The summed E-state index contributed by atoms with van der Waals surface area (Å²) in [5.41, 5.74) is 1.08. The van der Waals surface area contributed by atoms with E-state index in [1.54, 1.807) is 0 Å². The Kier molecular flexibility index (Phi) is 4.07. The molecule has 0 saturated heterocycles. The van der Waals surface area contributed by atoms with Crippen LogP contribution in [0, 0.1) is 0 Å². The SMILES string of the molecule is CS(=O)(=O)OCC1(c2ccccc2)CCCCC1. The van der Waals surface area contributed by atoms with Gasteiger partial charge in [0.1, 0.15) is 0 Å². The maximum Gasteiger partial charge on any atom is 0.264 e. The van der Waals surface area contributed by atoms with Crippen LogP contribution in [-0.4, -0.2) is 21.3 Å². The van der Waals surface area contributed by atoms with Gasteiger partial charge < -0.3 is 0 Å². The van der Waals surface area contributed by atoms with Gasteiger partial charge in [-0.3, -0.25) is 4.18 Å². The van der Waals surface area contributed by atoms with Crippen LogP contribution < -0.4 is 0 Å². The monoisotopic (exact) mass is 268 g/mol. The summed E-state index contributed by atoms with van der Waals surface area (Å²) in [6, 6.07) is 10.2. The zero-order valence-electron chi connectivity index (χ0n) is 10.8. The van der Waals surface area contributed by atoms with Gasteiger partial charge in [-0.2, -0.15) is 8.42 Å². The Hall–Kier alpha value is -0.870. The van der Waals surface area contributed by atoms with E-state index >= 15 is 0 Å². The van der Waals surface area contributed by atoms with Gasteiger partial charge in [-0.25, -0.2) is 0 Å². The molecule has 0 amide bonds. The molecule has 2 rings (SSSR count). The molecule has 3 nitrogen and oxygen atoms in total. The van der Waals surface area contributed by atoms with Crippen LogP contribution in [-0.2, 0) is 19.7 Å². The van der Waals surface area contributed by atoms with Gasteiger partial charge in [0.2, 0.25) is 0 Å². The van der Waals surface area contributed by atoms with Gasteiger partial charge in [0.05, 0.1) is 12.9 Å². The highest BCUT2D eigenvalue weighted by atomic mass is 32.2. The van der Waals surface area contributed by atoms with Gasteiger partial charge in [-0.1, -0.05) is 49.6 Å². The van der Waals surface area contributed by atoms with E-state index in [1.807, 2.05) is 18.2 Å². The zero-order chi connectivity index (χ0) is 13.1. The first-order valence-electron chi connectivity index (χ1n) is 6.42. The van der Waals surface area contributed by atoms with Gasteiger partial charge in [-0.15, -0.1) is 0 Å². The summed E-state index contributed by atoms with van der Waals surface area (Å²) in [5.74, 6) is 0. The van der Waals surface area contributed by atoms with Crippen LogP contribution >= 0.6 is 0 Å². The van der Waals surface area contributed by atoms with E-state index in [9.17, 15) is 8.42 Å². The average molecular weight is 268 g/mol. The van der Waals surface area contributed by atoms with Gasteiger partial charge >= 0.3 is 0 Å². The fourth-order valence-electron chi connectivity index (χ4n) is 2.76. The maximum atomic E-state index is 11.2. The number of hydrogen-bond acceptors (Lipinski definition) is 3. The first-order chi connectivity index (χ1) is 8.52. The second kappa shape index (κ2) is 5.41. The van der Waals surface area contributed by atoms with Crippen molar-refractivity contribution in [2.45, 2.75) is 37.5 Å². The Labute approximate surface area is 109 Å². The summed E-state index contributed by atoms with van der Waals surface area (Å²) in [6.45, 7) is 0.274. The van der Waals surface area contributed by atoms with Crippen LogP contribution in [0.5, 0.6) is 0 Å². The van der Waals surface area contributed by atoms with Crippen molar-refractivity contribution in [3.05, 3.63) is 35.9 Å². The number of hydrogen-bond donors (Lipinski definition) is 0. The first-order valence-corrected chi connectivity index (χ1v) is 8.23. The zero-order valence-corrected chi connectivity index (χ0v) is 11.6. The highest BCUT2D eigenvalue weighted by molar-refractivity contribution is 7.85. The predicted octanol–water partition coefficient (Wildman–Crippen LogP) is 2.86. The van der Waals surface area contributed by atoms with Gasteiger partial charge in [-0.05, 0) is 18.4 Å². The fraction of sp³-hybridized carbons (Fsp3) is 0.571. The van der Waals surface area contributed by atoms with Crippen molar-refractivity contribution in [1.29, 1.82) is 0 Å². The van der Waals surface area contributed by atoms with E-state index in [-0.39, 0.29) is 12.0 Å². The number of rotatable bonds is 4. The molecule has 0 radical (unpaired) electrons. The molecule has 1 saturated carbocycles. The van der Waals surface area contributed by atoms with E-state index in [4.69, 9.17) is 4.18 Å². The third kappa shape index (κ3) is 3.33. The summed E-state index contributed by atoms with van der Waals surface area (Å²) in [7, 11) is -3.37. The molecule has 0 N–H and O–H groups in total. The fourth-order valence-corrected chi connectivity index (χ4v) is 3.20. The molecule has 1 aromatic carbocycles. The topological polar surface area (TPSA) is 43.4 Å². The lowest BCUT2D eigenvalue weighted by atomic mass is 9.70. The lowest BCUT2D eigenvalue weighted by molar-refractivity contribution is 0.175. The van der Waals surface area contributed by atoms with Crippen molar-refractivity contribution in [1.82, 2.24) is 0 Å². The van der Waals surface area contributed by atoms with Crippen molar-refractivity contribution in [2.24, 2.45) is 0 Å². The molecule has 1 fully saturated rings. The molecule has 0 unspecified atom stereocenters. The second-order valence-electron chi connectivity index (χ2n) is 5.17. The minimum Gasteiger partial charge on any atom is -0.269 e. The Morgan fingerprint density at radius 2 is 1.72 bits per heavy atom. The molecule has 0 aliphatic heterocycles. The van der Waals surface area contributed by atoms with Crippen molar-refractivity contribution < 1.29 is 12.6 Å². The van der Waals surface area contributed by atoms with E-state index in [0.717, 1.165) is 31.9 Å². The summed E-state index contributed by atoms with van der Waals surface area (Å²) < 4.78 is 27.5. The average Bonchev–Trinajstić information content (AvgIpc) is 2.38. The van der Waals surface area contributed by atoms with Crippen molar-refractivity contribution in [2.75, 3.05) is 12.9 Å². The van der Waals surface area contributed by atoms with Crippen molar-refractivity contribution >= 4 is 10.1 Å². The Bertz CT molecular complexity index is 473. The molecule has 0 heterocycles. The first kappa shape index (κ1) is 13.6. The number of benzene rings is 1. The summed E-state index contributed by atoms with van der Waals surface area (Å²) in [6.07, 6.45) is 6.64. The largest absolute Gasteiger partial charge is 0.269 e. The third-order valence-electron chi connectivity index (χ3n) is 3.75. The second-order valence-corrected chi connectivity index (χ2v) is 6.82. The molecule has 100 valence electrons. The molecule has 4 heteroatoms. The lowest BCUT2D eigenvalue weighted by Gasteiger charge is -2.37. The summed E-state index contributed by atoms with van der Waals surface area (Å²) in [5, 5.41) is 0. The Balaban J connectivity index is 2.23. The lowest BCUT2D eigenvalue weighted by Crippen LogP contribution is -2.35. The smallest absolute Gasteiger partial charge is 0.264 e. The van der Waals surface area contributed by atoms with E-state index in [2.05, 4.69) is 12.1 Å². The van der Waals surface area contributed by atoms with Crippen LogP contribution in [0.15, 0.2) is 30.3 Å². The Morgan fingerprint density at radius 1 is 1.11 bits per heavy atom. The summed E-state index contributed by atoms with van der Waals surface area (Å²) in [4.78, 5) is 0. The van der Waals surface area contributed by atoms with Crippen molar-refractivity contribution in [3.8, 4) is 0 Å². The molecule has 0 aromatic heterocycles. The van der Waals surface area contributed by atoms with Crippen LogP contribution in [0.4, 0.5) is 0 Å². The van der Waals surface area contributed by atoms with Crippen LogP contribution in [0.3, 0.4) is 0 Å². The molecular formula is C14H20O3S. The molecule has 0 spiro atoms. The van der Waals surface area contributed by atoms with Gasteiger partial charge in [0.25, 0.3) is 10.1 Å². The maximum absolute atomic E-state index is 11.2.